The molecule has 0 aliphatic heterocycles. The zero-order chi connectivity index (χ0) is 10.0. The molecule has 0 radical (unpaired) electrons. The molecule has 4 N–H and O–H groups in total. The normalized spacial score (nSPS) is 11.8. The molecule has 0 saturated carbocycles. The Balaban J connectivity index is 3.37. The van der Waals surface area contributed by atoms with E-state index in [1.165, 1.54) is 0 Å². The summed E-state index contributed by atoms with van der Waals surface area (Å²) >= 11 is 0. The second-order valence-corrected chi connectivity index (χ2v) is 2.98. The predicted molar refractivity (Wildman–Crippen MR) is 53.8 cm³/mol. The summed E-state index contributed by atoms with van der Waals surface area (Å²) in [7, 11) is 0. The maximum absolute atomic E-state index is 5.50. The summed E-state index contributed by atoms with van der Waals surface area (Å²) in [5, 5.41) is 0. The first-order valence-electron chi connectivity index (χ1n) is 4.06. The maximum atomic E-state index is 5.50. The number of nitrogen functional groups attached to an aromatic ring is 1. The number of nitrogens with two attached hydrogens (primary N) is 2. The van der Waals surface area contributed by atoms with Gasteiger partial charge in [-0.05, 0) is 32.5 Å². The van der Waals surface area contributed by atoms with Gasteiger partial charge < -0.3 is 11.5 Å². The number of allylic oxidation sites excluding steroid dienone is 1. The second-order valence-electron chi connectivity index (χ2n) is 2.98. The Morgan fingerprint density at radius 1 is 1.23 bits per heavy atom. The fraction of sp³-hybridized carbons (Fsp3) is 0.333. The summed E-state index contributed by atoms with van der Waals surface area (Å²) in [5.74, 6) is 0.309. The minimum Gasteiger partial charge on any atom is -0.404 e. The molecule has 4 nitrogen and oxygen atoms in total. The summed E-state index contributed by atoms with van der Waals surface area (Å²) in [6, 6.07) is 0. The summed E-state index contributed by atoms with van der Waals surface area (Å²) in [5.41, 5.74) is 14.6. The van der Waals surface area contributed by atoms with Crippen LogP contribution in [0.3, 0.4) is 0 Å². The minimum atomic E-state index is 0.309. The van der Waals surface area contributed by atoms with Crippen LogP contribution >= 0.6 is 0 Å². The van der Waals surface area contributed by atoms with E-state index in [4.69, 9.17) is 11.5 Å². The van der Waals surface area contributed by atoms with Crippen LogP contribution in [-0.4, -0.2) is 9.97 Å². The van der Waals surface area contributed by atoms with Crippen molar-refractivity contribution in [3.8, 4) is 0 Å². The number of hydrogen-bond acceptors (Lipinski definition) is 4. The van der Waals surface area contributed by atoms with Crippen molar-refractivity contribution in [2.24, 2.45) is 5.73 Å². The van der Waals surface area contributed by atoms with E-state index < -0.39 is 0 Å². The van der Waals surface area contributed by atoms with Gasteiger partial charge in [-0.3, -0.25) is 0 Å². The molecule has 0 aliphatic carbocycles. The minimum absolute atomic E-state index is 0.309. The van der Waals surface area contributed by atoms with Gasteiger partial charge in [0, 0.05) is 5.56 Å². The van der Waals surface area contributed by atoms with Crippen molar-refractivity contribution >= 4 is 11.5 Å². The Morgan fingerprint density at radius 3 is 2.08 bits per heavy atom. The standard InChI is InChI=1S/C9H14N4/c1-5(4-10)8-6(2)12-9(11)13-7(8)3/h4H,10H2,1-3H3,(H2,11,12,13)/b5-4-. The van der Waals surface area contributed by atoms with E-state index in [2.05, 4.69) is 9.97 Å². The van der Waals surface area contributed by atoms with Crippen LogP contribution in [0.4, 0.5) is 5.95 Å². The van der Waals surface area contributed by atoms with E-state index in [9.17, 15) is 0 Å². The van der Waals surface area contributed by atoms with E-state index in [1.54, 1.807) is 6.20 Å². The predicted octanol–water partition coefficient (Wildman–Crippen LogP) is 0.995. The van der Waals surface area contributed by atoms with Crippen molar-refractivity contribution in [3.05, 3.63) is 23.2 Å². The Bertz CT molecular complexity index is 332. The van der Waals surface area contributed by atoms with Crippen LogP contribution in [0, 0.1) is 13.8 Å². The van der Waals surface area contributed by atoms with Crippen LogP contribution in [0.25, 0.3) is 5.57 Å². The molecule has 0 amide bonds. The second kappa shape index (κ2) is 3.43. The van der Waals surface area contributed by atoms with E-state index in [-0.39, 0.29) is 0 Å². The Kier molecular flexibility index (Phi) is 2.51. The third-order valence-electron chi connectivity index (χ3n) is 1.93. The van der Waals surface area contributed by atoms with E-state index in [1.807, 2.05) is 20.8 Å². The lowest BCUT2D eigenvalue weighted by Gasteiger charge is -2.08. The van der Waals surface area contributed by atoms with Gasteiger partial charge in [0.05, 0.1) is 11.4 Å². The highest BCUT2D eigenvalue weighted by molar-refractivity contribution is 5.67. The monoisotopic (exact) mass is 178 g/mol. The molecule has 0 atom stereocenters. The molecule has 0 unspecified atom stereocenters. The highest BCUT2D eigenvalue weighted by Gasteiger charge is 2.07. The topological polar surface area (TPSA) is 77.8 Å². The number of rotatable bonds is 1. The molecule has 70 valence electrons. The highest BCUT2D eigenvalue weighted by atomic mass is 15.0. The molecular weight excluding hydrogens is 164 g/mol. The fourth-order valence-corrected chi connectivity index (χ4v) is 1.40. The summed E-state index contributed by atoms with van der Waals surface area (Å²) in [6.45, 7) is 5.72. The lowest BCUT2D eigenvalue weighted by molar-refractivity contribution is 1.05. The van der Waals surface area contributed by atoms with E-state index >= 15 is 0 Å². The molecule has 0 saturated heterocycles. The van der Waals surface area contributed by atoms with Crippen LogP contribution in [0.15, 0.2) is 6.20 Å². The third-order valence-corrected chi connectivity index (χ3v) is 1.93. The van der Waals surface area contributed by atoms with Gasteiger partial charge in [-0.25, -0.2) is 9.97 Å². The zero-order valence-corrected chi connectivity index (χ0v) is 8.13. The summed E-state index contributed by atoms with van der Waals surface area (Å²) in [4.78, 5) is 8.15. The molecule has 0 spiro atoms. The molecule has 1 aromatic heterocycles. The van der Waals surface area contributed by atoms with Crippen molar-refractivity contribution in [2.45, 2.75) is 20.8 Å². The van der Waals surface area contributed by atoms with Crippen LogP contribution in [0.2, 0.25) is 0 Å². The lowest BCUT2D eigenvalue weighted by Crippen LogP contribution is -2.04. The molecule has 0 aliphatic rings. The van der Waals surface area contributed by atoms with Crippen molar-refractivity contribution in [1.29, 1.82) is 0 Å². The number of hydrogen-bond donors (Lipinski definition) is 2. The summed E-state index contributed by atoms with van der Waals surface area (Å²) in [6.07, 6.45) is 1.55. The number of nitrogens with zero attached hydrogens (tertiary/aromatic N) is 2. The first kappa shape index (κ1) is 9.51. The van der Waals surface area contributed by atoms with Gasteiger partial charge in [-0.15, -0.1) is 0 Å². The highest BCUT2D eigenvalue weighted by Crippen LogP contribution is 2.19. The molecule has 1 heterocycles. The Hall–Kier alpha value is -1.58. The fourth-order valence-electron chi connectivity index (χ4n) is 1.40. The van der Waals surface area contributed by atoms with Gasteiger partial charge in [0.1, 0.15) is 0 Å². The van der Waals surface area contributed by atoms with Crippen molar-refractivity contribution < 1.29 is 0 Å². The van der Waals surface area contributed by atoms with E-state index in [0.29, 0.717) is 5.95 Å². The number of aromatic nitrogens is 2. The van der Waals surface area contributed by atoms with Gasteiger partial charge in [0.15, 0.2) is 0 Å². The first-order chi connectivity index (χ1) is 6.06. The quantitative estimate of drug-likeness (QED) is 0.672. The smallest absolute Gasteiger partial charge is 0.220 e. The van der Waals surface area contributed by atoms with E-state index in [0.717, 1.165) is 22.5 Å². The SMILES string of the molecule is C/C(=C/N)c1c(C)nc(N)nc1C. The first-order valence-corrected chi connectivity index (χ1v) is 4.06. The third kappa shape index (κ3) is 1.77. The van der Waals surface area contributed by atoms with Crippen LogP contribution < -0.4 is 11.5 Å². The van der Waals surface area contributed by atoms with Gasteiger partial charge in [-0.1, -0.05) is 0 Å². The van der Waals surface area contributed by atoms with Gasteiger partial charge in [0.25, 0.3) is 0 Å². The van der Waals surface area contributed by atoms with Crippen molar-refractivity contribution in [3.63, 3.8) is 0 Å². The average molecular weight is 178 g/mol. The lowest BCUT2D eigenvalue weighted by atomic mass is 10.1. The Morgan fingerprint density at radius 2 is 1.69 bits per heavy atom. The Labute approximate surface area is 77.7 Å². The van der Waals surface area contributed by atoms with Gasteiger partial charge in [0.2, 0.25) is 5.95 Å². The molecular formula is C9H14N4. The average Bonchev–Trinajstić information content (AvgIpc) is 2.02. The molecule has 1 aromatic rings. The molecule has 0 aromatic carbocycles. The largest absolute Gasteiger partial charge is 0.404 e. The van der Waals surface area contributed by atoms with Crippen molar-refractivity contribution in [2.75, 3.05) is 5.73 Å². The molecule has 13 heavy (non-hydrogen) atoms. The molecule has 0 bridgehead atoms. The molecule has 1 rings (SSSR count). The number of anilines is 1. The van der Waals surface area contributed by atoms with Crippen LogP contribution in [0.1, 0.15) is 23.9 Å². The zero-order valence-electron chi connectivity index (χ0n) is 8.13. The molecule has 0 fully saturated rings. The van der Waals surface area contributed by atoms with Crippen LogP contribution in [0.5, 0.6) is 0 Å². The van der Waals surface area contributed by atoms with Crippen molar-refractivity contribution in [1.82, 2.24) is 9.97 Å². The molecule has 4 heteroatoms. The summed E-state index contributed by atoms with van der Waals surface area (Å²) < 4.78 is 0. The van der Waals surface area contributed by atoms with Crippen LogP contribution in [-0.2, 0) is 0 Å². The van der Waals surface area contributed by atoms with Gasteiger partial charge in [-0.2, -0.15) is 0 Å². The van der Waals surface area contributed by atoms with Gasteiger partial charge >= 0.3 is 0 Å². The maximum Gasteiger partial charge on any atom is 0.220 e. The number of aryl methyl sites for hydroxylation is 2.